The first-order valence-electron chi connectivity index (χ1n) is 6.47. The van der Waals surface area contributed by atoms with E-state index in [9.17, 15) is 14.9 Å². The summed E-state index contributed by atoms with van der Waals surface area (Å²) in [6, 6.07) is -0.000163. The number of carbonyl (C=O) groups excluding carboxylic acids is 1. The number of nitrogen functional groups attached to an aromatic ring is 1. The minimum absolute atomic E-state index is 0.000163. The fraction of sp³-hybridized carbons (Fsp3) is 0.545. The average Bonchev–Trinajstić information content (AvgIpc) is 2.46. The van der Waals surface area contributed by atoms with Crippen LogP contribution in [0.15, 0.2) is 6.33 Å². The van der Waals surface area contributed by atoms with Crippen LogP contribution in [0.2, 0.25) is 0 Å². The largest absolute Gasteiger partial charge is 0.369 e. The standard InChI is InChI=1S/C11H17N7O3/c1-6-2-3-7(9(12)19)4-17(6)11-8(18(20)21)10(16-13)14-5-15-11/h5-7H,2-4,13H2,1H3,(H2,12,19)(H,14,15,16). The molecule has 114 valence electrons. The Hall–Kier alpha value is -2.49. The summed E-state index contributed by atoms with van der Waals surface area (Å²) in [5.74, 6) is 4.56. The summed E-state index contributed by atoms with van der Waals surface area (Å²) in [5.41, 5.74) is 7.23. The van der Waals surface area contributed by atoms with Crippen LogP contribution in [0.5, 0.6) is 0 Å². The number of primary amides is 1. The van der Waals surface area contributed by atoms with Crippen molar-refractivity contribution in [3.8, 4) is 0 Å². The molecule has 2 heterocycles. The van der Waals surface area contributed by atoms with Gasteiger partial charge in [-0.15, -0.1) is 0 Å². The van der Waals surface area contributed by atoms with E-state index in [4.69, 9.17) is 11.6 Å². The van der Waals surface area contributed by atoms with E-state index in [1.54, 1.807) is 4.90 Å². The Morgan fingerprint density at radius 1 is 1.52 bits per heavy atom. The Balaban J connectivity index is 2.44. The maximum Gasteiger partial charge on any atom is 0.354 e. The molecule has 1 fully saturated rings. The molecule has 1 aliphatic heterocycles. The van der Waals surface area contributed by atoms with Gasteiger partial charge >= 0.3 is 5.69 Å². The lowest BCUT2D eigenvalue weighted by Gasteiger charge is -2.37. The van der Waals surface area contributed by atoms with E-state index >= 15 is 0 Å². The van der Waals surface area contributed by atoms with Crippen LogP contribution < -0.4 is 21.9 Å². The summed E-state index contributed by atoms with van der Waals surface area (Å²) in [7, 11) is 0. The summed E-state index contributed by atoms with van der Waals surface area (Å²) in [4.78, 5) is 31.5. The van der Waals surface area contributed by atoms with Gasteiger partial charge in [0.2, 0.25) is 17.5 Å². The predicted molar refractivity (Wildman–Crippen MR) is 75.2 cm³/mol. The molecule has 10 heteroatoms. The van der Waals surface area contributed by atoms with E-state index < -0.39 is 10.8 Å². The van der Waals surface area contributed by atoms with Gasteiger partial charge in [0.15, 0.2) is 0 Å². The number of nitrogens with zero attached hydrogens (tertiary/aromatic N) is 4. The molecule has 0 bridgehead atoms. The number of nitro groups is 1. The quantitative estimate of drug-likeness (QED) is 0.390. The van der Waals surface area contributed by atoms with Crippen LogP contribution in [0.1, 0.15) is 19.8 Å². The number of amides is 1. The maximum absolute atomic E-state index is 11.4. The first kappa shape index (κ1) is 14.9. The van der Waals surface area contributed by atoms with Gasteiger partial charge in [-0.05, 0) is 19.8 Å². The van der Waals surface area contributed by atoms with Gasteiger partial charge in [0, 0.05) is 12.6 Å². The van der Waals surface area contributed by atoms with E-state index in [1.807, 2.05) is 6.92 Å². The lowest BCUT2D eigenvalue weighted by atomic mass is 9.93. The molecule has 2 rings (SSSR count). The molecule has 21 heavy (non-hydrogen) atoms. The Morgan fingerprint density at radius 3 is 2.81 bits per heavy atom. The molecule has 2 unspecified atom stereocenters. The van der Waals surface area contributed by atoms with E-state index in [2.05, 4.69) is 15.4 Å². The van der Waals surface area contributed by atoms with Crippen LogP contribution in [0.25, 0.3) is 0 Å². The van der Waals surface area contributed by atoms with Crippen molar-refractivity contribution in [2.75, 3.05) is 16.9 Å². The van der Waals surface area contributed by atoms with Crippen LogP contribution in [0, 0.1) is 16.0 Å². The smallest absolute Gasteiger partial charge is 0.354 e. The minimum atomic E-state index is -0.592. The number of nitrogens with one attached hydrogen (secondary N) is 1. The van der Waals surface area contributed by atoms with Crippen molar-refractivity contribution in [3.63, 3.8) is 0 Å². The fourth-order valence-corrected chi connectivity index (χ4v) is 2.49. The van der Waals surface area contributed by atoms with Crippen LogP contribution in [-0.4, -0.2) is 33.4 Å². The summed E-state index contributed by atoms with van der Waals surface area (Å²) < 4.78 is 0. The van der Waals surface area contributed by atoms with E-state index in [0.717, 1.165) is 0 Å². The minimum Gasteiger partial charge on any atom is -0.369 e. The highest BCUT2D eigenvalue weighted by Gasteiger charge is 2.35. The van der Waals surface area contributed by atoms with Crippen molar-refractivity contribution in [3.05, 3.63) is 16.4 Å². The number of carbonyl (C=O) groups is 1. The van der Waals surface area contributed by atoms with Crippen LogP contribution in [0.4, 0.5) is 17.3 Å². The number of anilines is 2. The second-order valence-corrected chi connectivity index (χ2v) is 4.97. The van der Waals surface area contributed by atoms with E-state index in [-0.39, 0.29) is 29.3 Å². The number of aromatic nitrogens is 2. The van der Waals surface area contributed by atoms with E-state index in [0.29, 0.717) is 19.4 Å². The monoisotopic (exact) mass is 295 g/mol. The highest BCUT2D eigenvalue weighted by atomic mass is 16.6. The van der Waals surface area contributed by atoms with Gasteiger partial charge in [-0.3, -0.25) is 14.9 Å². The van der Waals surface area contributed by atoms with Crippen molar-refractivity contribution in [2.24, 2.45) is 17.5 Å². The lowest BCUT2D eigenvalue weighted by molar-refractivity contribution is -0.383. The number of hydrazine groups is 1. The molecular formula is C11H17N7O3. The Kier molecular flexibility index (Phi) is 4.17. The average molecular weight is 295 g/mol. The van der Waals surface area contributed by atoms with Crippen molar-refractivity contribution in [1.82, 2.24) is 9.97 Å². The van der Waals surface area contributed by atoms with Crippen molar-refractivity contribution in [1.29, 1.82) is 0 Å². The van der Waals surface area contributed by atoms with Crippen LogP contribution in [0.3, 0.4) is 0 Å². The van der Waals surface area contributed by atoms with Gasteiger partial charge < -0.3 is 16.1 Å². The lowest BCUT2D eigenvalue weighted by Crippen LogP contribution is -2.46. The molecule has 0 saturated carbocycles. The third-order valence-corrected chi connectivity index (χ3v) is 3.68. The Bertz CT molecular complexity index is 565. The maximum atomic E-state index is 11.4. The Labute approximate surface area is 120 Å². The first-order chi connectivity index (χ1) is 9.95. The summed E-state index contributed by atoms with van der Waals surface area (Å²) in [5, 5.41) is 11.3. The zero-order valence-electron chi connectivity index (χ0n) is 11.5. The van der Waals surface area contributed by atoms with Gasteiger partial charge in [-0.1, -0.05) is 0 Å². The summed E-state index contributed by atoms with van der Waals surface area (Å²) in [6.45, 7) is 2.21. The number of hydrogen-bond acceptors (Lipinski definition) is 8. The number of rotatable bonds is 4. The molecule has 0 aromatic carbocycles. The SMILES string of the molecule is CC1CCC(C(N)=O)CN1c1ncnc(NN)c1[N+](=O)[O-]. The van der Waals surface area contributed by atoms with Gasteiger partial charge in [0.1, 0.15) is 6.33 Å². The van der Waals surface area contributed by atoms with Gasteiger partial charge in [-0.2, -0.15) is 0 Å². The number of hydrogen-bond donors (Lipinski definition) is 3. The number of nitrogens with two attached hydrogens (primary N) is 2. The molecule has 1 aliphatic rings. The zero-order chi connectivity index (χ0) is 15.6. The Morgan fingerprint density at radius 2 is 2.24 bits per heavy atom. The fourth-order valence-electron chi connectivity index (χ4n) is 2.49. The molecule has 5 N–H and O–H groups in total. The topological polar surface area (TPSA) is 153 Å². The molecule has 0 radical (unpaired) electrons. The second-order valence-electron chi connectivity index (χ2n) is 4.97. The van der Waals surface area contributed by atoms with Gasteiger partial charge in [0.25, 0.3) is 0 Å². The third-order valence-electron chi connectivity index (χ3n) is 3.68. The normalized spacial score (nSPS) is 21.9. The van der Waals surface area contributed by atoms with Crippen molar-refractivity contribution >= 4 is 23.2 Å². The van der Waals surface area contributed by atoms with Crippen LogP contribution in [-0.2, 0) is 4.79 Å². The molecule has 2 atom stereocenters. The molecule has 0 spiro atoms. The van der Waals surface area contributed by atoms with Crippen LogP contribution >= 0.6 is 0 Å². The van der Waals surface area contributed by atoms with Crippen molar-refractivity contribution < 1.29 is 9.72 Å². The zero-order valence-corrected chi connectivity index (χ0v) is 11.5. The van der Waals surface area contributed by atoms with Gasteiger partial charge in [0.05, 0.1) is 10.8 Å². The molecule has 1 aromatic rings. The third kappa shape index (κ3) is 2.84. The van der Waals surface area contributed by atoms with Gasteiger partial charge in [-0.25, -0.2) is 15.8 Å². The highest BCUT2D eigenvalue weighted by Crippen LogP contribution is 2.35. The molecular weight excluding hydrogens is 278 g/mol. The molecule has 1 aromatic heterocycles. The molecule has 10 nitrogen and oxygen atoms in total. The molecule has 0 aliphatic carbocycles. The molecule has 1 saturated heterocycles. The second kappa shape index (κ2) is 5.87. The van der Waals surface area contributed by atoms with E-state index in [1.165, 1.54) is 6.33 Å². The highest BCUT2D eigenvalue weighted by molar-refractivity contribution is 5.78. The number of piperidine rings is 1. The first-order valence-corrected chi connectivity index (χ1v) is 6.47. The summed E-state index contributed by atoms with van der Waals surface area (Å²) >= 11 is 0. The molecule has 1 amide bonds. The predicted octanol–water partition coefficient (Wildman–Crippen LogP) is -0.239. The summed E-state index contributed by atoms with van der Waals surface area (Å²) in [6.07, 6.45) is 2.55. The van der Waals surface area contributed by atoms with Crippen molar-refractivity contribution in [2.45, 2.75) is 25.8 Å².